The number of halogens is 2. The van der Waals surface area contributed by atoms with Crippen molar-refractivity contribution in [2.75, 3.05) is 26.4 Å². The number of hydrogen-bond donors (Lipinski definition) is 1. The molecular weight excluding hydrogens is 294 g/mol. The van der Waals surface area contributed by atoms with Gasteiger partial charge in [0.2, 0.25) is 0 Å². The second kappa shape index (κ2) is 10.7. The summed E-state index contributed by atoms with van der Waals surface area (Å²) < 4.78 is 30.9. The SMILES string of the molecule is C#CC.C/C(OC1(CO)CCCN(N=O)C1)=C(F)\C=C/CF. The van der Waals surface area contributed by atoms with Crippen LogP contribution in [0.5, 0.6) is 0 Å². The lowest BCUT2D eigenvalue weighted by Gasteiger charge is -2.39. The van der Waals surface area contributed by atoms with Gasteiger partial charge in [0.05, 0.1) is 18.4 Å². The molecule has 1 atom stereocenters. The molecule has 1 fully saturated rings. The molecule has 0 amide bonds. The molecule has 22 heavy (non-hydrogen) atoms. The Labute approximate surface area is 129 Å². The Bertz CT molecular complexity index is 447. The Kier molecular flexibility index (Phi) is 9.79. The summed E-state index contributed by atoms with van der Waals surface area (Å²) in [6.07, 6.45) is 7.70. The molecule has 1 heterocycles. The van der Waals surface area contributed by atoms with Gasteiger partial charge >= 0.3 is 0 Å². The van der Waals surface area contributed by atoms with Gasteiger partial charge < -0.3 is 9.84 Å². The first-order valence-electron chi connectivity index (χ1n) is 6.83. The van der Waals surface area contributed by atoms with Crippen LogP contribution in [0.3, 0.4) is 0 Å². The number of terminal acetylenes is 1. The smallest absolute Gasteiger partial charge is 0.160 e. The topological polar surface area (TPSA) is 62.1 Å². The third kappa shape index (κ3) is 6.68. The number of alkyl halides is 1. The van der Waals surface area contributed by atoms with Crippen LogP contribution in [0.4, 0.5) is 8.78 Å². The van der Waals surface area contributed by atoms with Gasteiger partial charge in [-0.2, -0.15) is 0 Å². The van der Waals surface area contributed by atoms with Gasteiger partial charge in [-0.1, -0.05) is 6.08 Å². The molecule has 1 aliphatic rings. The van der Waals surface area contributed by atoms with Crippen LogP contribution in [0.2, 0.25) is 0 Å². The maximum atomic E-state index is 13.5. The molecule has 124 valence electrons. The fourth-order valence-corrected chi connectivity index (χ4v) is 2.03. The lowest BCUT2D eigenvalue weighted by Crippen LogP contribution is -2.50. The maximum Gasteiger partial charge on any atom is 0.160 e. The Morgan fingerprint density at radius 1 is 1.64 bits per heavy atom. The molecule has 0 aliphatic carbocycles. The number of rotatable bonds is 6. The minimum Gasteiger partial charge on any atom is -0.485 e. The van der Waals surface area contributed by atoms with Crippen molar-refractivity contribution in [2.24, 2.45) is 5.29 Å². The van der Waals surface area contributed by atoms with Crippen LogP contribution in [0.1, 0.15) is 26.7 Å². The van der Waals surface area contributed by atoms with Gasteiger partial charge in [-0.3, -0.25) is 5.01 Å². The molecule has 0 saturated carbocycles. The van der Waals surface area contributed by atoms with Crippen molar-refractivity contribution in [1.82, 2.24) is 5.01 Å². The van der Waals surface area contributed by atoms with E-state index in [2.05, 4.69) is 17.6 Å². The van der Waals surface area contributed by atoms with Gasteiger partial charge in [0.15, 0.2) is 11.4 Å². The minimum atomic E-state index is -1.04. The molecule has 1 aliphatic heterocycles. The predicted octanol–water partition coefficient (Wildman–Crippen LogP) is 2.88. The Hall–Kier alpha value is -1.94. The summed E-state index contributed by atoms with van der Waals surface area (Å²) in [6, 6.07) is 0. The Morgan fingerprint density at radius 3 is 2.77 bits per heavy atom. The molecule has 5 nitrogen and oxygen atoms in total. The van der Waals surface area contributed by atoms with Crippen molar-refractivity contribution in [3.05, 3.63) is 28.6 Å². The number of hydrogen-bond acceptors (Lipinski definition) is 4. The maximum absolute atomic E-state index is 13.5. The molecule has 1 N–H and O–H groups in total. The van der Waals surface area contributed by atoms with Crippen LogP contribution in [-0.4, -0.2) is 42.1 Å². The van der Waals surface area contributed by atoms with E-state index in [0.717, 1.165) is 12.2 Å². The Morgan fingerprint density at radius 2 is 2.27 bits per heavy atom. The molecule has 0 radical (unpaired) electrons. The highest BCUT2D eigenvalue weighted by molar-refractivity contribution is 5.15. The number of nitrogens with zero attached hydrogens (tertiary/aromatic N) is 2. The van der Waals surface area contributed by atoms with E-state index < -0.39 is 18.1 Å². The van der Waals surface area contributed by atoms with E-state index in [1.54, 1.807) is 6.92 Å². The average molecular weight is 316 g/mol. The van der Waals surface area contributed by atoms with Crippen LogP contribution >= 0.6 is 0 Å². The highest BCUT2D eigenvalue weighted by Crippen LogP contribution is 2.28. The molecule has 0 aromatic carbocycles. The first kappa shape index (κ1) is 20.1. The first-order valence-corrected chi connectivity index (χ1v) is 6.83. The van der Waals surface area contributed by atoms with Crippen LogP contribution in [0, 0.1) is 17.3 Å². The highest BCUT2D eigenvalue weighted by atomic mass is 19.1. The van der Waals surface area contributed by atoms with Crippen molar-refractivity contribution in [1.29, 1.82) is 0 Å². The quantitative estimate of drug-likeness (QED) is 0.354. The fraction of sp³-hybridized carbons (Fsp3) is 0.600. The van der Waals surface area contributed by atoms with Crippen molar-refractivity contribution in [3.63, 3.8) is 0 Å². The number of allylic oxidation sites excluding steroid dienone is 4. The zero-order valence-electron chi connectivity index (χ0n) is 12.9. The van der Waals surface area contributed by atoms with Crippen LogP contribution in [0.15, 0.2) is 29.0 Å². The van der Waals surface area contributed by atoms with E-state index in [1.165, 1.54) is 11.9 Å². The number of aliphatic hydroxyl groups excluding tert-OH is 1. The van der Waals surface area contributed by atoms with E-state index in [9.17, 15) is 18.8 Å². The fourth-order valence-electron chi connectivity index (χ4n) is 2.03. The second-order valence-electron chi connectivity index (χ2n) is 4.77. The molecule has 0 spiro atoms. The number of ether oxygens (including phenoxy) is 1. The summed E-state index contributed by atoms with van der Waals surface area (Å²) in [5.41, 5.74) is -1.04. The van der Waals surface area contributed by atoms with Gasteiger partial charge in [-0.15, -0.1) is 17.3 Å². The zero-order chi connectivity index (χ0) is 17.0. The summed E-state index contributed by atoms with van der Waals surface area (Å²) >= 11 is 0. The molecule has 0 aromatic heterocycles. The van der Waals surface area contributed by atoms with Crippen LogP contribution < -0.4 is 0 Å². The molecular formula is C15H22F2N2O3. The van der Waals surface area contributed by atoms with Gasteiger partial charge in [-0.25, -0.2) is 8.78 Å². The number of nitroso groups, excluding NO2 is 1. The predicted molar refractivity (Wildman–Crippen MR) is 80.9 cm³/mol. The third-order valence-electron chi connectivity index (χ3n) is 2.98. The van der Waals surface area contributed by atoms with Crippen LogP contribution in [-0.2, 0) is 4.74 Å². The summed E-state index contributed by atoms with van der Waals surface area (Å²) in [4.78, 5) is 10.5. The molecule has 7 heteroatoms. The number of piperidine rings is 1. The van der Waals surface area contributed by atoms with Gasteiger partial charge in [0, 0.05) is 6.54 Å². The Balaban J connectivity index is 0.00000135. The van der Waals surface area contributed by atoms with Crippen molar-refractivity contribution >= 4 is 0 Å². The summed E-state index contributed by atoms with van der Waals surface area (Å²) in [5, 5.41) is 13.5. The van der Waals surface area contributed by atoms with Crippen molar-refractivity contribution < 1.29 is 18.6 Å². The van der Waals surface area contributed by atoms with Crippen LogP contribution in [0.25, 0.3) is 0 Å². The largest absolute Gasteiger partial charge is 0.485 e. The van der Waals surface area contributed by atoms with Gasteiger partial charge in [0.25, 0.3) is 0 Å². The number of aliphatic hydroxyl groups is 1. The summed E-state index contributed by atoms with van der Waals surface area (Å²) in [7, 11) is 0. The van der Waals surface area contributed by atoms with E-state index in [-0.39, 0.29) is 18.9 Å². The standard InChI is InChI=1S/C12H18F2N2O3.C3H4/c1-10(11(14)4-2-6-13)19-12(9-17)5-3-7-16(8-12)15-18;1-3-2/h2,4,17H,3,5-9H2,1H3;1H,2H3/b4-2-,11-10-;. The third-order valence-corrected chi connectivity index (χ3v) is 2.98. The highest BCUT2D eigenvalue weighted by Gasteiger charge is 2.38. The molecule has 0 bridgehead atoms. The monoisotopic (exact) mass is 316 g/mol. The molecule has 1 unspecified atom stereocenters. The molecule has 1 rings (SSSR count). The average Bonchev–Trinajstić information content (AvgIpc) is 2.53. The zero-order valence-corrected chi connectivity index (χ0v) is 12.9. The first-order chi connectivity index (χ1) is 10.5. The van der Waals surface area contributed by atoms with E-state index in [0.29, 0.717) is 19.4 Å². The lowest BCUT2D eigenvalue weighted by atomic mass is 9.94. The normalized spacial score (nSPS) is 22.3. The van der Waals surface area contributed by atoms with Crippen molar-refractivity contribution in [3.8, 4) is 12.3 Å². The van der Waals surface area contributed by atoms with E-state index in [4.69, 9.17) is 4.74 Å². The van der Waals surface area contributed by atoms with Gasteiger partial charge in [0.1, 0.15) is 12.4 Å². The summed E-state index contributed by atoms with van der Waals surface area (Å²) in [6.45, 7) is 2.51. The lowest BCUT2D eigenvalue weighted by molar-refractivity contribution is -0.0886. The van der Waals surface area contributed by atoms with E-state index >= 15 is 0 Å². The van der Waals surface area contributed by atoms with Gasteiger partial charge in [-0.05, 0) is 32.8 Å². The van der Waals surface area contributed by atoms with Crippen molar-refractivity contribution in [2.45, 2.75) is 32.3 Å². The second-order valence-corrected chi connectivity index (χ2v) is 4.77. The summed E-state index contributed by atoms with van der Waals surface area (Å²) in [5.74, 6) is 1.49. The molecule has 0 aromatic rings. The minimum absolute atomic E-state index is 0.0495. The molecule has 1 saturated heterocycles. The van der Waals surface area contributed by atoms with E-state index in [1.807, 2.05) is 0 Å².